The van der Waals surface area contributed by atoms with Crippen molar-refractivity contribution in [2.75, 3.05) is 7.05 Å². The van der Waals surface area contributed by atoms with Crippen LogP contribution in [0, 0.1) is 5.92 Å². The van der Waals surface area contributed by atoms with Crippen molar-refractivity contribution in [3.05, 3.63) is 48.0 Å². The third-order valence-electron chi connectivity index (χ3n) is 3.51. The highest BCUT2D eigenvalue weighted by Crippen LogP contribution is 2.17. The largest absolute Gasteiger partial charge is 0.310 e. The number of nitrogens with one attached hydrogen (secondary N) is 1. The molecule has 1 atom stereocenters. The van der Waals surface area contributed by atoms with E-state index >= 15 is 0 Å². The maximum Gasteiger partial charge on any atom is 0.152 e. The zero-order chi connectivity index (χ0) is 13.8. The highest BCUT2D eigenvalue weighted by molar-refractivity contribution is 5.86. The minimum atomic E-state index is -0.0961. The summed E-state index contributed by atoms with van der Waals surface area (Å²) in [5, 5.41) is 5.60. The topological polar surface area (TPSA) is 29.1 Å². The first-order valence-electron chi connectivity index (χ1n) is 6.80. The Kier molecular flexibility index (Phi) is 4.33. The summed E-state index contributed by atoms with van der Waals surface area (Å²) in [6.07, 6.45) is 0.748. The Labute approximate surface area is 114 Å². The Morgan fingerprint density at radius 1 is 1.11 bits per heavy atom. The highest BCUT2D eigenvalue weighted by atomic mass is 16.1. The lowest BCUT2D eigenvalue weighted by Gasteiger charge is -2.17. The summed E-state index contributed by atoms with van der Waals surface area (Å²) in [6, 6.07) is 14.6. The minimum absolute atomic E-state index is 0.0675. The van der Waals surface area contributed by atoms with E-state index in [1.807, 2.05) is 33.0 Å². The minimum Gasteiger partial charge on any atom is -0.310 e. The van der Waals surface area contributed by atoms with Crippen LogP contribution in [-0.4, -0.2) is 18.9 Å². The third-order valence-corrected chi connectivity index (χ3v) is 3.51. The molecule has 0 amide bonds. The molecule has 0 saturated heterocycles. The van der Waals surface area contributed by atoms with E-state index in [1.54, 1.807) is 0 Å². The van der Waals surface area contributed by atoms with Crippen molar-refractivity contribution < 1.29 is 4.79 Å². The number of benzene rings is 2. The van der Waals surface area contributed by atoms with Gasteiger partial charge < -0.3 is 5.32 Å². The van der Waals surface area contributed by atoms with E-state index in [9.17, 15) is 4.79 Å². The van der Waals surface area contributed by atoms with Crippen LogP contribution in [0.4, 0.5) is 0 Å². The quantitative estimate of drug-likeness (QED) is 0.889. The molecule has 0 bridgehead atoms. The number of hydrogen-bond donors (Lipinski definition) is 1. The van der Waals surface area contributed by atoms with E-state index in [2.05, 4.69) is 35.6 Å². The van der Waals surface area contributed by atoms with Crippen molar-refractivity contribution in [3.63, 3.8) is 0 Å². The van der Waals surface area contributed by atoms with Gasteiger partial charge in [0.1, 0.15) is 0 Å². The standard InChI is InChI=1S/C17H21NO/c1-12(2)17(19)16(18-3)11-13-8-9-14-6-4-5-7-15(14)10-13/h4-10,12,16,18H,11H2,1-3H3/t16-/m1/s1. The maximum atomic E-state index is 12.1. The van der Waals surface area contributed by atoms with Crippen LogP contribution in [0.2, 0.25) is 0 Å². The van der Waals surface area contributed by atoms with Gasteiger partial charge in [0.2, 0.25) is 0 Å². The van der Waals surface area contributed by atoms with Gasteiger partial charge in [0.05, 0.1) is 6.04 Å². The summed E-state index contributed by atoms with van der Waals surface area (Å²) in [5.74, 6) is 0.341. The van der Waals surface area contributed by atoms with Gasteiger partial charge in [-0.05, 0) is 29.8 Å². The molecule has 0 aliphatic heterocycles. The fourth-order valence-corrected chi connectivity index (χ4v) is 2.35. The summed E-state index contributed by atoms with van der Waals surface area (Å²) in [7, 11) is 1.85. The summed E-state index contributed by atoms with van der Waals surface area (Å²) in [6.45, 7) is 3.90. The molecule has 0 aliphatic rings. The fraction of sp³-hybridized carbons (Fsp3) is 0.353. The first kappa shape index (κ1) is 13.8. The SMILES string of the molecule is CN[C@H](Cc1ccc2ccccc2c1)C(=O)C(C)C. The van der Waals surface area contributed by atoms with E-state index in [4.69, 9.17) is 0 Å². The summed E-state index contributed by atoms with van der Waals surface area (Å²) in [4.78, 5) is 12.1. The van der Waals surface area contributed by atoms with Gasteiger partial charge in [-0.1, -0.05) is 56.3 Å². The molecule has 1 N–H and O–H groups in total. The molecule has 0 saturated carbocycles. The van der Waals surface area contributed by atoms with Crippen molar-refractivity contribution in [1.82, 2.24) is 5.32 Å². The number of rotatable bonds is 5. The Morgan fingerprint density at radius 3 is 2.42 bits per heavy atom. The molecule has 19 heavy (non-hydrogen) atoms. The number of carbonyl (C=O) groups excluding carboxylic acids is 1. The Morgan fingerprint density at radius 2 is 1.79 bits per heavy atom. The molecule has 0 spiro atoms. The molecule has 2 aromatic carbocycles. The summed E-state index contributed by atoms with van der Waals surface area (Å²) >= 11 is 0. The van der Waals surface area contributed by atoms with Gasteiger partial charge >= 0.3 is 0 Å². The van der Waals surface area contributed by atoms with Crippen LogP contribution in [0.1, 0.15) is 19.4 Å². The summed E-state index contributed by atoms with van der Waals surface area (Å²) in [5.41, 5.74) is 1.20. The molecule has 0 unspecified atom stereocenters. The molecule has 2 nitrogen and oxygen atoms in total. The molecule has 0 fully saturated rings. The monoisotopic (exact) mass is 255 g/mol. The van der Waals surface area contributed by atoms with Crippen molar-refractivity contribution in [3.8, 4) is 0 Å². The van der Waals surface area contributed by atoms with Gasteiger partial charge in [0.25, 0.3) is 0 Å². The average molecular weight is 255 g/mol. The lowest BCUT2D eigenvalue weighted by atomic mass is 9.95. The van der Waals surface area contributed by atoms with E-state index in [1.165, 1.54) is 16.3 Å². The molecular formula is C17H21NO. The number of likely N-dealkylation sites (N-methyl/N-ethyl adjacent to an activating group) is 1. The first-order valence-corrected chi connectivity index (χ1v) is 6.80. The van der Waals surface area contributed by atoms with Crippen LogP contribution < -0.4 is 5.32 Å². The lowest BCUT2D eigenvalue weighted by Crippen LogP contribution is -2.38. The molecule has 2 rings (SSSR count). The number of fused-ring (bicyclic) bond motifs is 1. The Hall–Kier alpha value is -1.67. The molecule has 2 heteroatoms. The van der Waals surface area contributed by atoms with Crippen molar-refractivity contribution in [1.29, 1.82) is 0 Å². The van der Waals surface area contributed by atoms with E-state index in [0.29, 0.717) is 0 Å². The van der Waals surface area contributed by atoms with E-state index in [-0.39, 0.29) is 17.7 Å². The van der Waals surface area contributed by atoms with Crippen molar-refractivity contribution in [2.45, 2.75) is 26.3 Å². The molecule has 100 valence electrons. The predicted molar refractivity (Wildman–Crippen MR) is 80.3 cm³/mol. The van der Waals surface area contributed by atoms with Gasteiger partial charge in [0, 0.05) is 5.92 Å². The van der Waals surface area contributed by atoms with Gasteiger partial charge in [-0.25, -0.2) is 0 Å². The van der Waals surface area contributed by atoms with Crippen LogP contribution in [0.5, 0.6) is 0 Å². The Bertz CT molecular complexity index is 574. The molecule has 0 radical (unpaired) electrons. The van der Waals surface area contributed by atoms with Crippen molar-refractivity contribution >= 4 is 16.6 Å². The zero-order valence-electron chi connectivity index (χ0n) is 11.8. The first-order chi connectivity index (χ1) is 9.11. The second-order valence-corrected chi connectivity index (χ2v) is 5.28. The smallest absolute Gasteiger partial charge is 0.152 e. The molecule has 0 aromatic heterocycles. The second-order valence-electron chi connectivity index (χ2n) is 5.28. The fourth-order valence-electron chi connectivity index (χ4n) is 2.35. The number of carbonyl (C=O) groups is 1. The normalized spacial score (nSPS) is 12.8. The predicted octanol–water partition coefficient (Wildman–Crippen LogP) is 3.20. The van der Waals surface area contributed by atoms with Crippen LogP contribution in [0.15, 0.2) is 42.5 Å². The zero-order valence-corrected chi connectivity index (χ0v) is 11.8. The van der Waals surface area contributed by atoms with Crippen LogP contribution in [0.3, 0.4) is 0 Å². The van der Waals surface area contributed by atoms with Gasteiger partial charge in [-0.2, -0.15) is 0 Å². The number of Topliss-reactive ketones (excluding diaryl/α,β-unsaturated/α-hetero) is 1. The van der Waals surface area contributed by atoms with Crippen LogP contribution in [0.25, 0.3) is 10.8 Å². The van der Waals surface area contributed by atoms with Gasteiger partial charge in [-0.15, -0.1) is 0 Å². The van der Waals surface area contributed by atoms with E-state index < -0.39 is 0 Å². The third kappa shape index (κ3) is 3.21. The molecule has 0 heterocycles. The number of ketones is 1. The molecular weight excluding hydrogens is 234 g/mol. The molecule has 2 aromatic rings. The Balaban J connectivity index is 2.22. The van der Waals surface area contributed by atoms with Crippen LogP contribution in [-0.2, 0) is 11.2 Å². The van der Waals surface area contributed by atoms with Crippen molar-refractivity contribution in [2.24, 2.45) is 5.92 Å². The van der Waals surface area contributed by atoms with Gasteiger partial charge in [-0.3, -0.25) is 4.79 Å². The number of hydrogen-bond acceptors (Lipinski definition) is 2. The van der Waals surface area contributed by atoms with Gasteiger partial charge in [0.15, 0.2) is 5.78 Å². The second kappa shape index (κ2) is 5.98. The average Bonchev–Trinajstić information content (AvgIpc) is 2.43. The molecule has 0 aliphatic carbocycles. The lowest BCUT2D eigenvalue weighted by molar-refractivity contribution is -0.123. The highest BCUT2D eigenvalue weighted by Gasteiger charge is 2.19. The van der Waals surface area contributed by atoms with Crippen LogP contribution >= 0.6 is 0 Å². The van der Waals surface area contributed by atoms with E-state index in [0.717, 1.165) is 6.42 Å². The maximum absolute atomic E-state index is 12.1. The summed E-state index contributed by atoms with van der Waals surface area (Å²) < 4.78 is 0.